The molecule has 1 aromatic rings. The van der Waals surface area contributed by atoms with Crippen molar-refractivity contribution in [3.8, 4) is 0 Å². The van der Waals surface area contributed by atoms with Crippen molar-refractivity contribution < 1.29 is 14.4 Å². The highest BCUT2D eigenvalue weighted by molar-refractivity contribution is 6.31. The van der Waals surface area contributed by atoms with Crippen LogP contribution in [-0.2, 0) is 9.59 Å². The number of urea groups is 1. The van der Waals surface area contributed by atoms with E-state index >= 15 is 0 Å². The molecule has 1 fully saturated rings. The Morgan fingerprint density at radius 3 is 2.26 bits per heavy atom. The summed E-state index contributed by atoms with van der Waals surface area (Å²) in [5.41, 5.74) is 3.96. The Bertz CT molecular complexity index is 572. The number of rotatable bonds is 2. The van der Waals surface area contributed by atoms with E-state index in [0.29, 0.717) is 10.7 Å². The second-order valence-electron chi connectivity index (χ2n) is 4.40. The molecule has 1 aromatic carbocycles. The molecule has 100 valence electrons. The highest BCUT2D eigenvalue weighted by Gasteiger charge is 2.57. The number of benzene rings is 1. The largest absolute Gasteiger partial charge is 0.367 e. The molecular weight excluding hydrogens is 270 g/mol. The van der Waals surface area contributed by atoms with Gasteiger partial charge in [0, 0.05) is 17.8 Å². The predicted octanol–water partition coefficient (Wildman–Crippen LogP) is 0.982. The fraction of sp³-hybridized carbons (Fsp3) is 0.250. The van der Waals surface area contributed by atoms with E-state index in [1.807, 2.05) is 0 Å². The summed E-state index contributed by atoms with van der Waals surface area (Å²) < 4.78 is 0. The molecule has 1 unspecified atom stereocenters. The van der Waals surface area contributed by atoms with Crippen molar-refractivity contribution in [3.63, 3.8) is 0 Å². The van der Waals surface area contributed by atoms with Crippen molar-refractivity contribution >= 4 is 35.1 Å². The number of hydrogen-bond acceptors (Lipinski definition) is 3. The minimum absolute atomic E-state index is 0.383. The van der Waals surface area contributed by atoms with Crippen molar-refractivity contribution in [2.45, 2.75) is 12.5 Å². The number of likely N-dealkylation sites (N-methyl/N-ethyl adjacent to an activating group) is 1. The van der Waals surface area contributed by atoms with Gasteiger partial charge in [0.05, 0.1) is 0 Å². The number of hydrogen-bond donors (Lipinski definition) is 1. The number of primary amides is 1. The number of anilines is 1. The Kier molecular flexibility index (Phi) is 2.98. The Balaban J connectivity index is 2.58. The predicted molar refractivity (Wildman–Crippen MR) is 69.7 cm³/mol. The highest BCUT2D eigenvalue weighted by atomic mass is 35.5. The second kappa shape index (κ2) is 4.24. The standard InChI is InChI=1S/C12H12ClN3O3/c1-12(9(14)17)10(18)15(2)11(19)16(12)8-5-3-7(13)4-6-8/h3-6H,1-2H3,(H2,14,17). The third kappa shape index (κ3) is 1.76. The van der Waals surface area contributed by atoms with Crippen LogP contribution in [0.3, 0.4) is 0 Å². The number of carbonyl (C=O) groups is 3. The first kappa shape index (κ1) is 13.4. The number of amides is 4. The van der Waals surface area contributed by atoms with Crippen LogP contribution in [0.1, 0.15) is 6.92 Å². The molecule has 0 bridgehead atoms. The van der Waals surface area contributed by atoms with Gasteiger partial charge in [-0.3, -0.25) is 19.4 Å². The van der Waals surface area contributed by atoms with E-state index in [1.54, 1.807) is 24.3 Å². The molecule has 6 nitrogen and oxygen atoms in total. The number of imide groups is 1. The summed E-state index contributed by atoms with van der Waals surface area (Å²) in [5, 5.41) is 0.482. The van der Waals surface area contributed by atoms with Crippen LogP contribution in [0.15, 0.2) is 24.3 Å². The zero-order valence-corrected chi connectivity index (χ0v) is 11.1. The molecule has 0 spiro atoms. The van der Waals surface area contributed by atoms with Gasteiger partial charge in [-0.05, 0) is 31.2 Å². The molecule has 1 aliphatic rings. The summed E-state index contributed by atoms with van der Waals surface area (Å²) in [7, 11) is 1.31. The van der Waals surface area contributed by atoms with Crippen molar-refractivity contribution in [2.75, 3.05) is 11.9 Å². The summed E-state index contributed by atoms with van der Waals surface area (Å²) >= 11 is 5.77. The van der Waals surface area contributed by atoms with Crippen LogP contribution in [0.4, 0.5) is 10.5 Å². The lowest BCUT2D eigenvalue weighted by molar-refractivity contribution is -0.136. The van der Waals surface area contributed by atoms with Gasteiger partial charge in [-0.15, -0.1) is 0 Å². The van der Waals surface area contributed by atoms with Crippen LogP contribution in [0.2, 0.25) is 5.02 Å². The zero-order chi connectivity index (χ0) is 14.4. The van der Waals surface area contributed by atoms with Gasteiger partial charge in [0.25, 0.3) is 11.8 Å². The van der Waals surface area contributed by atoms with Crippen molar-refractivity contribution in [1.82, 2.24) is 4.90 Å². The monoisotopic (exact) mass is 281 g/mol. The third-order valence-corrected chi connectivity index (χ3v) is 3.46. The zero-order valence-electron chi connectivity index (χ0n) is 10.4. The van der Waals surface area contributed by atoms with Crippen molar-refractivity contribution in [1.29, 1.82) is 0 Å². The summed E-state index contributed by atoms with van der Waals surface area (Å²) in [6.07, 6.45) is 0. The maximum Gasteiger partial charge on any atom is 0.332 e. The van der Waals surface area contributed by atoms with Gasteiger partial charge in [-0.1, -0.05) is 11.6 Å². The average molecular weight is 282 g/mol. The fourth-order valence-corrected chi connectivity index (χ4v) is 2.15. The van der Waals surface area contributed by atoms with E-state index in [4.69, 9.17) is 17.3 Å². The minimum Gasteiger partial charge on any atom is -0.367 e. The molecule has 7 heteroatoms. The van der Waals surface area contributed by atoms with Crippen LogP contribution in [0.5, 0.6) is 0 Å². The molecule has 0 aromatic heterocycles. The van der Waals surface area contributed by atoms with Crippen molar-refractivity contribution in [2.24, 2.45) is 5.73 Å². The lowest BCUT2D eigenvalue weighted by atomic mass is 9.99. The summed E-state index contributed by atoms with van der Waals surface area (Å²) in [6.45, 7) is 1.33. The quantitative estimate of drug-likeness (QED) is 0.648. The van der Waals surface area contributed by atoms with Crippen LogP contribution < -0.4 is 10.6 Å². The van der Waals surface area contributed by atoms with Crippen LogP contribution >= 0.6 is 11.6 Å². The Morgan fingerprint density at radius 1 is 1.26 bits per heavy atom. The fourth-order valence-electron chi connectivity index (χ4n) is 2.02. The molecule has 1 aliphatic heterocycles. The van der Waals surface area contributed by atoms with E-state index in [9.17, 15) is 14.4 Å². The van der Waals surface area contributed by atoms with Gasteiger partial charge in [0.1, 0.15) is 0 Å². The van der Waals surface area contributed by atoms with E-state index in [1.165, 1.54) is 14.0 Å². The molecule has 1 saturated heterocycles. The average Bonchev–Trinajstić information content (AvgIpc) is 2.54. The number of carbonyl (C=O) groups excluding carboxylic acids is 3. The second-order valence-corrected chi connectivity index (χ2v) is 4.83. The van der Waals surface area contributed by atoms with Gasteiger partial charge in [0.15, 0.2) is 0 Å². The maximum atomic E-state index is 12.1. The first-order valence-corrected chi connectivity index (χ1v) is 5.85. The Morgan fingerprint density at radius 2 is 1.79 bits per heavy atom. The first-order valence-electron chi connectivity index (χ1n) is 5.48. The van der Waals surface area contributed by atoms with E-state index in [2.05, 4.69) is 0 Å². The topological polar surface area (TPSA) is 83.7 Å². The molecule has 4 amide bonds. The minimum atomic E-state index is -1.72. The van der Waals surface area contributed by atoms with Crippen LogP contribution in [-0.4, -0.2) is 35.3 Å². The number of nitrogens with two attached hydrogens (primary N) is 1. The third-order valence-electron chi connectivity index (χ3n) is 3.21. The van der Waals surface area contributed by atoms with Gasteiger partial charge in [-0.2, -0.15) is 0 Å². The smallest absolute Gasteiger partial charge is 0.332 e. The molecule has 0 saturated carbocycles. The molecule has 1 atom stereocenters. The molecule has 2 N–H and O–H groups in total. The number of nitrogens with zero attached hydrogens (tertiary/aromatic N) is 2. The van der Waals surface area contributed by atoms with E-state index in [-0.39, 0.29) is 0 Å². The van der Waals surface area contributed by atoms with Crippen LogP contribution in [0.25, 0.3) is 0 Å². The molecule has 2 rings (SSSR count). The Labute approximate surface area is 114 Å². The van der Waals surface area contributed by atoms with Crippen molar-refractivity contribution in [3.05, 3.63) is 29.3 Å². The molecule has 19 heavy (non-hydrogen) atoms. The lowest BCUT2D eigenvalue weighted by Gasteiger charge is -2.28. The van der Waals surface area contributed by atoms with Gasteiger partial charge < -0.3 is 5.73 Å². The van der Waals surface area contributed by atoms with E-state index in [0.717, 1.165) is 9.80 Å². The Hall–Kier alpha value is -2.08. The first-order chi connectivity index (χ1) is 8.80. The summed E-state index contributed by atoms with van der Waals surface area (Å²) in [4.78, 5) is 37.8. The lowest BCUT2D eigenvalue weighted by Crippen LogP contribution is -2.57. The number of halogens is 1. The normalized spacial score (nSPS) is 23.1. The summed E-state index contributed by atoms with van der Waals surface area (Å²) in [6, 6.07) is 5.62. The maximum absolute atomic E-state index is 12.1. The van der Waals surface area contributed by atoms with E-state index < -0.39 is 23.4 Å². The molecule has 1 heterocycles. The summed E-state index contributed by atoms with van der Waals surface area (Å²) in [5.74, 6) is -1.54. The van der Waals surface area contributed by atoms with Gasteiger partial charge in [-0.25, -0.2) is 4.79 Å². The molecule has 0 aliphatic carbocycles. The molecular formula is C12H12ClN3O3. The SMILES string of the molecule is CN1C(=O)N(c2ccc(Cl)cc2)C(C)(C(N)=O)C1=O. The van der Waals surface area contributed by atoms with Crippen LogP contribution in [0, 0.1) is 0 Å². The van der Waals surface area contributed by atoms with Gasteiger partial charge in [0.2, 0.25) is 5.54 Å². The molecule has 0 radical (unpaired) electrons. The van der Waals surface area contributed by atoms with Gasteiger partial charge >= 0.3 is 6.03 Å². The highest BCUT2D eigenvalue weighted by Crippen LogP contribution is 2.33.